The SMILES string of the molecule is CC1(C)CC[C@]2(C(=O)O[C@@H]3O[C@H](CO)[C@@H](O)[C@H](O)[C@H]3O)CC[C@]3(C)C(=CCC4[C@@]5(C)C[C@@H](O)[C@@H](O[C@@H]6O[C@H](C(=O)O)[C@@H](O)[C@H](O)[C@H]6O)[C@@](C)(C(=O)O)C5CC[C@]43C)[C@@H]2C1. The van der Waals surface area contributed by atoms with Gasteiger partial charge in [0, 0.05) is 0 Å². The number of carbonyl (C=O) groups is 3. The number of carboxylic acids is 2. The summed E-state index contributed by atoms with van der Waals surface area (Å²) in [5.74, 6) is -4.45. The van der Waals surface area contributed by atoms with Gasteiger partial charge >= 0.3 is 17.9 Å². The molecule has 7 rings (SSSR count). The molecule has 2 heterocycles. The zero-order valence-corrected chi connectivity index (χ0v) is 34.6. The van der Waals surface area contributed by atoms with E-state index in [-0.39, 0.29) is 23.7 Å². The third kappa shape index (κ3) is 6.46. The van der Waals surface area contributed by atoms with Crippen molar-refractivity contribution in [2.45, 2.75) is 173 Å². The summed E-state index contributed by atoms with van der Waals surface area (Å²) in [6.45, 7) is 11.6. The maximum absolute atomic E-state index is 14.6. The van der Waals surface area contributed by atoms with Crippen LogP contribution in [0.15, 0.2) is 11.6 Å². The first-order valence-corrected chi connectivity index (χ1v) is 21.1. The first-order chi connectivity index (χ1) is 27.3. The van der Waals surface area contributed by atoms with Gasteiger partial charge in [0.2, 0.25) is 6.29 Å². The van der Waals surface area contributed by atoms with Gasteiger partial charge < -0.3 is 70.0 Å². The van der Waals surface area contributed by atoms with Crippen LogP contribution in [0.1, 0.15) is 99.3 Å². The van der Waals surface area contributed by atoms with Gasteiger partial charge in [0.25, 0.3) is 0 Å². The predicted octanol–water partition coefficient (Wildman–Crippen LogP) is 0.444. The molecule has 17 heteroatoms. The topological polar surface area (TPSA) is 290 Å². The molecule has 334 valence electrons. The molecular formula is C42H64O17. The molecule has 7 aliphatic rings. The molecule has 0 aromatic carbocycles. The van der Waals surface area contributed by atoms with Gasteiger partial charge in [-0.25, -0.2) is 4.79 Å². The van der Waals surface area contributed by atoms with E-state index in [0.717, 1.165) is 12.0 Å². The number of aliphatic hydroxyl groups excluding tert-OH is 8. The Kier molecular flexibility index (Phi) is 11.3. The summed E-state index contributed by atoms with van der Waals surface area (Å²) in [5.41, 5.74) is -3.48. The minimum absolute atomic E-state index is 0.104. The predicted molar refractivity (Wildman–Crippen MR) is 201 cm³/mol. The van der Waals surface area contributed by atoms with E-state index >= 15 is 0 Å². The third-order valence-electron chi connectivity index (χ3n) is 17.2. The Morgan fingerprint density at radius 3 is 2.00 bits per heavy atom. The van der Waals surface area contributed by atoms with Crippen LogP contribution in [0.25, 0.3) is 0 Å². The van der Waals surface area contributed by atoms with Gasteiger partial charge in [0.1, 0.15) is 48.8 Å². The lowest BCUT2D eigenvalue weighted by atomic mass is 9.33. The number of carboxylic acid groups (broad SMARTS) is 2. The van der Waals surface area contributed by atoms with Gasteiger partial charge in [-0.3, -0.25) is 9.59 Å². The largest absolute Gasteiger partial charge is 0.481 e. The Hall–Kier alpha value is -2.29. The molecule has 0 spiro atoms. The van der Waals surface area contributed by atoms with Gasteiger partial charge in [0.15, 0.2) is 12.4 Å². The van der Waals surface area contributed by atoms with E-state index in [1.165, 1.54) is 6.92 Å². The van der Waals surface area contributed by atoms with Gasteiger partial charge in [0.05, 0.1) is 23.5 Å². The lowest BCUT2D eigenvalue weighted by molar-refractivity contribution is -0.335. The van der Waals surface area contributed by atoms with Crippen LogP contribution in [-0.4, -0.2) is 149 Å². The van der Waals surface area contributed by atoms with Crippen molar-refractivity contribution in [1.29, 1.82) is 0 Å². The maximum atomic E-state index is 14.6. The highest BCUT2D eigenvalue weighted by Crippen LogP contribution is 2.76. The minimum atomic E-state index is -1.98. The number of aliphatic carboxylic acids is 2. The standard InChI is InChI=1S/C42H64O17/c1-37(2)11-13-42(36(55)59-33-28(49)25(46)24(45)21(17-43)56-33)14-12-39(4)18(19(42)15-37)7-8-22-38(3)16-20(44)31(41(6,35(53)54)23(38)9-10-40(22,39)5)58-34-29(50)26(47)27(48)30(57-34)32(51)52/h7,19-31,33-34,43-50H,8-17H2,1-6H3,(H,51,52)(H,53,54)/t19-,20+,21+,22?,23?,24+,25-,26-,27-,28+,29+,30-,31+,33-,34-,38+,39+,40+,41-,42-/m0/s1. The summed E-state index contributed by atoms with van der Waals surface area (Å²) in [6.07, 6.45) is -13.8. The molecule has 2 aliphatic heterocycles. The summed E-state index contributed by atoms with van der Waals surface area (Å²) in [7, 11) is 0. The number of hydrogen-bond donors (Lipinski definition) is 10. The number of allylic oxidation sites excluding steroid dienone is 2. The van der Waals surface area contributed by atoms with Crippen molar-refractivity contribution >= 4 is 17.9 Å². The van der Waals surface area contributed by atoms with Crippen LogP contribution in [0.4, 0.5) is 0 Å². The molecule has 0 aromatic heterocycles. The Morgan fingerprint density at radius 1 is 0.746 bits per heavy atom. The number of esters is 1. The number of carbonyl (C=O) groups excluding carboxylic acids is 1. The first-order valence-electron chi connectivity index (χ1n) is 21.1. The van der Waals surface area contributed by atoms with E-state index < -0.39 is 131 Å². The van der Waals surface area contributed by atoms with Crippen LogP contribution in [0.5, 0.6) is 0 Å². The highest BCUT2D eigenvalue weighted by atomic mass is 16.7. The molecule has 6 fully saturated rings. The molecule has 20 atom stereocenters. The molecule has 2 saturated heterocycles. The first kappa shape index (κ1) is 44.8. The number of aliphatic hydroxyl groups is 8. The van der Waals surface area contributed by atoms with Crippen LogP contribution < -0.4 is 0 Å². The number of rotatable bonds is 7. The van der Waals surface area contributed by atoms with Crippen molar-refractivity contribution in [1.82, 2.24) is 0 Å². The highest BCUT2D eigenvalue weighted by molar-refractivity contribution is 5.79. The smallest absolute Gasteiger partial charge is 0.335 e. The van der Waals surface area contributed by atoms with E-state index in [2.05, 4.69) is 33.8 Å². The summed E-state index contributed by atoms with van der Waals surface area (Å²) >= 11 is 0. The normalized spacial score (nSPS) is 53.1. The van der Waals surface area contributed by atoms with E-state index in [1.807, 2.05) is 6.92 Å². The van der Waals surface area contributed by atoms with Crippen molar-refractivity contribution in [3.05, 3.63) is 11.6 Å². The van der Waals surface area contributed by atoms with Crippen molar-refractivity contribution in [3.63, 3.8) is 0 Å². The van der Waals surface area contributed by atoms with Crippen molar-refractivity contribution in [2.24, 2.45) is 50.2 Å². The van der Waals surface area contributed by atoms with E-state index in [1.54, 1.807) is 0 Å². The second-order valence-electron chi connectivity index (χ2n) is 20.6. The summed E-state index contributed by atoms with van der Waals surface area (Å²) in [5, 5.41) is 105. The molecule has 0 radical (unpaired) electrons. The molecule has 17 nitrogen and oxygen atoms in total. The average Bonchev–Trinajstić information content (AvgIpc) is 3.16. The van der Waals surface area contributed by atoms with E-state index in [4.69, 9.17) is 18.9 Å². The minimum Gasteiger partial charge on any atom is -0.481 e. The fraction of sp³-hybridized carbons (Fsp3) is 0.881. The monoisotopic (exact) mass is 840 g/mol. The van der Waals surface area contributed by atoms with E-state index in [0.29, 0.717) is 44.9 Å². The average molecular weight is 841 g/mol. The Bertz CT molecular complexity index is 1700. The van der Waals surface area contributed by atoms with Gasteiger partial charge in [-0.2, -0.15) is 0 Å². The van der Waals surface area contributed by atoms with Crippen molar-refractivity contribution < 1.29 is 84.4 Å². The summed E-state index contributed by atoms with van der Waals surface area (Å²) < 4.78 is 22.9. The molecule has 10 N–H and O–H groups in total. The van der Waals surface area contributed by atoms with Crippen LogP contribution in [0.3, 0.4) is 0 Å². The summed E-state index contributed by atoms with van der Waals surface area (Å²) in [4.78, 5) is 39.9. The fourth-order valence-electron chi connectivity index (χ4n) is 13.6. The zero-order valence-electron chi connectivity index (χ0n) is 34.6. The van der Waals surface area contributed by atoms with Crippen molar-refractivity contribution in [3.8, 4) is 0 Å². The lowest BCUT2D eigenvalue weighted by Gasteiger charge is -2.71. The second-order valence-corrected chi connectivity index (χ2v) is 20.6. The Balaban J connectivity index is 1.21. The number of hydrogen-bond acceptors (Lipinski definition) is 15. The zero-order chi connectivity index (χ0) is 43.6. The molecule has 0 amide bonds. The number of fused-ring (bicyclic) bond motifs is 7. The highest BCUT2D eigenvalue weighted by Gasteiger charge is 2.73. The lowest BCUT2D eigenvalue weighted by Crippen LogP contribution is -2.70. The molecule has 0 aromatic rings. The third-order valence-corrected chi connectivity index (χ3v) is 17.2. The fourth-order valence-corrected chi connectivity index (χ4v) is 13.6. The van der Waals surface area contributed by atoms with Gasteiger partial charge in [-0.05, 0) is 104 Å². The molecule has 0 bridgehead atoms. The van der Waals surface area contributed by atoms with Gasteiger partial charge in [-0.1, -0.05) is 46.3 Å². The van der Waals surface area contributed by atoms with Gasteiger partial charge in [-0.15, -0.1) is 0 Å². The Morgan fingerprint density at radius 2 is 1.37 bits per heavy atom. The van der Waals surface area contributed by atoms with Crippen molar-refractivity contribution in [2.75, 3.05) is 6.61 Å². The van der Waals surface area contributed by atoms with Crippen LogP contribution in [0.2, 0.25) is 0 Å². The molecule has 5 aliphatic carbocycles. The Labute approximate surface area is 343 Å². The second kappa shape index (κ2) is 14.9. The molecular weight excluding hydrogens is 776 g/mol. The molecule has 4 saturated carbocycles. The maximum Gasteiger partial charge on any atom is 0.335 e. The van der Waals surface area contributed by atoms with Crippen LogP contribution in [0, 0.1) is 50.2 Å². The van der Waals surface area contributed by atoms with E-state index in [9.17, 15) is 65.4 Å². The van der Waals surface area contributed by atoms with Crippen LogP contribution in [-0.2, 0) is 33.3 Å². The number of ether oxygens (including phenoxy) is 4. The van der Waals surface area contributed by atoms with Crippen LogP contribution >= 0.6 is 0 Å². The molecule has 59 heavy (non-hydrogen) atoms. The molecule has 2 unspecified atom stereocenters. The quantitative estimate of drug-likeness (QED) is 0.0946. The summed E-state index contributed by atoms with van der Waals surface area (Å²) in [6, 6.07) is 0.